The maximum absolute atomic E-state index is 12.6. The molecule has 1 amide bonds. The van der Waals surface area contributed by atoms with Crippen LogP contribution in [0.4, 0.5) is 5.69 Å². The normalized spacial score (nSPS) is 16.1. The van der Waals surface area contributed by atoms with E-state index in [0.717, 1.165) is 16.8 Å². The molecule has 0 unspecified atom stereocenters. The summed E-state index contributed by atoms with van der Waals surface area (Å²) < 4.78 is 10.8. The molecule has 0 spiro atoms. The number of benzene rings is 2. The standard InChI is InChI=1S/C23H25NO5/c1-14-6-5-7-20(15(14)2)24-12-18(11-22(24)26)23(27)29-13-19-10-17(16(3)25)8-9-21(19)28-4/h5-10,18H,11-13H2,1-4H3/t18-/m0/s1. The van der Waals surface area contributed by atoms with Crippen LogP contribution in [0.25, 0.3) is 0 Å². The van der Waals surface area contributed by atoms with Crippen molar-refractivity contribution in [2.24, 2.45) is 5.92 Å². The van der Waals surface area contributed by atoms with Crippen LogP contribution < -0.4 is 9.64 Å². The van der Waals surface area contributed by atoms with E-state index in [4.69, 9.17) is 9.47 Å². The quantitative estimate of drug-likeness (QED) is 0.552. The molecule has 2 aromatic carbocycles. The molecule has 0 aromatic heterocycles. The summed E-state index contributed by atoms with van der Waals surface area (Å²) in [5.74, 6) is -0.573. The highest BCUT2D eigenvalue weighted by atomic mass is 16.5. The number of amides is 1. The van der Waals surface area contributed by atoms with Crippen LogP contribution in [0, 0.1) is 19.8 Å². The smallest absolute Gasteiger partial charge is 0.311 e. The van der Waals surface area contributed by atoms with Gasteiger partial charge in [-0.1, -0.05) is 12.1 Å². The molecule has 152 valence electrons. The largest absolute Gasteiger partial charge is 0.496 e. The van der Waals surface area contributed by atoms with Gasteiger partial charge in [0, 0.05) is 29.8 Å². The SMILES string of the molecule is COc1ccc(C(C)=O)cc1COC(=O)[C@H]1CC(=O)N(c2cccc(C)c2C)C1. The van der Waals surface area contributed by atoms with Gasteiger partial charge in [0.1, 0.15) is 12.4 Å². The van der Waals surface area contributed by atoms with E-state index in [9.17, 15) is 14.4 Å². The lowest BCUT2D eigenvalue weighted by Gasteiger charge is -2.20. The molecule has 3 rings (SSSR count). The van der Waals surface area contributed by atoms with E-state index in [-0.39, 0.29) is 24.7 Å². The molecule has 0 bridgehead atoms. The number of nitrogens with zero attached hydrogens (tertiary/aromatic N) is 1. The summed E-state index contributed by atoms with van der Waals surface area (Å²) in [6.45, 7) is 5.72. The number of methoxy groups -OCH3 is 1. The first-order chi connectivity index (χ1) is 13.8. The van der Waals surface area contributed by atoms with Crippen LogP contribution in [0.1, 0.15) is 40.4 Å². The molecule has 0 aliphatic carbocycles. The molecule has 29 heavy (non-hydrogen) atoms. The van der Waals surface area contributed by atoms with Gasteiger partial charge in [0.25, 0.3) is 0 Å². The zero-order valence-corrected chi connectivity index (χ0v) is 17.2. The van der Waals surface area contributed by atoms with E-state index in [2.05, 4.69) is 0 Å². The highest BCUT2D eigenvalue weighted by Crippen LogP contribution is 2.30. The summed E-state index contributed by atoms with van der Waals surface area (Å²) >= 11 is 0. The maximum Gasteiger partial charge on any atom is 0.311 e. The Morgan fingerprint density at radius 1 is 1.17 bits per heavy atom. The molecule has 1 heterocycles. The molecule has 1 saturated heterocycles. The second-order valence-corrected chi connectivity index (χ2v) is 7.31. The Labute approximate surface area is 170 Å². The van der Waals surface area contributed by atoms with E-state index >= 15 is 0 Å². The summed E-state index contributed by atoms with van der Waals surface area (Å²) in [6, 6.07) is 10.8. The molecule has 1 atom stereocenters. The Morgan fingerprint density at radius 2 is 1.93 bits per heavy atom. The van der Waals surface area contributed by atoms with Crippen molar-refractivity contribution < 1.29 is 23.9 Å². The van der Waals surface area contributed by atoms with Crippen molar-refractivity contribution in [1.29, 1.82) is 0 Å². The summed E-state index contributed by atoms with van der Waals surface area (Å²) in [7, 11) is 1.52. The third kappa shape index (κ3) is 4.31. The number of ether oxygens (including phenoxy) is 2. The van der Waals surface area contributed by atoms with Gasteiger partial charge in [-0.3, -0.25) is 14.4 Å². The van der Waals surface area contributed by atoms with Crippen molar-refractivity contribution in [3.8, 4) is 5.75 Å². The summed E-state index contributed by atoms with van der Waals surface area (Å²) in [5, 5.41) is 0. The zero-order valence-electron chi connectivity index (χ0n) is 17.2. The van der Waals surface area contributed by atoms with Gasteiger partial charge in [-0.05, 0) is 56.2 Å². The van der Waals surface area contributed by atoms with Crippen molar-refractivity contribution in [1.82, 2.24) is 0 Å². The van der Waals surface area contributed by atoms with Gasteiger partial charge < -0.3 is 14.4 Å². The van der Waals surface area contributed by atoms with Gasteiger partial charge >= 0.3 is 5.97 Å². The lowest BCUT2D eigenvalue weighted by atomic mass is 10.1. The van der Waals surface area contributed by atoms with E-state index in [1.165, 1.54) is 14.0 Å². The molecule has 6 heteroatoms. The summed E-state index contributed by atoms with van der Waals surface area (Å²) in [4.78, 5) is 38.4. The lowest BCUT2D eigenvalue weighted by molar-refractivity contribution is -0.149. The van der Waals surface area contributed by atoms with E-state index in [1.807, 2.05) is 32.0 Å². The number of carbonyl (C=O) groups excluding carboxylic acids is 3. The number of ketones is 1. The van der Waals surface area contributed by atoms with Crippen LogP contribution in [0.3, 0.4) is 0 Å². The third-order valence-corrected chi connectivity index (χ3v) is 5.38. The minimum atomic E-state index is -0.524. The number of rotatable bonds is 6. The number of hydrogen-bond acceptors (Lipinski definition) is 5. The Balaban J connectivity index is 1.70. The lowest BCUT2D eigenvalue weighted by Crippen LogP contribution is -2.27. The highest BCUT2D eigenvalue weighted by molar-refractivity contribution is 6.00. The molecular formula is C23H25NO5. The topological polar surface area (TPSA) is 72.9 Å². The van der Waals surface area contributed by atoms with Gasteiger partial charge in [-0.15, -0.1) is 0 Å². The molecular weight excluding hydrogens is 370 g/mol. The predicted molar refractivity (Wildman–Crippen MR) is 109 cm³/mol. The molecule has 1 aliphatic heterocycles. The Bertz CT molecular complexity index is 966. The van der Waals surface area contributed by atoms with E-state index in [0.29, 0.717) is 23.4 Å². The van der Waals surface area contributed by atoms with Gasteiger partial charge in [-0.25, -0.2) is 0 Å². The zero-order chi connectivity index (χ0) is 21.1. The number of esters is 1. The first kappa shape index (κ1) is 20.6. The first-order valence-electron chi connectivity index (χ1n) is 9.53. The number of hydrogen-bond donors (Lipinski definition) is 0. The first-order valence-corrected chi connectivity index (χ1v) is 9.53. The fourth-order valence-electron chi connectivity index (χ4n) is 3.50. The Hall–Kier alpha value is -3.15. The monoisotopic (exact) mass is 395 g/mol. The van der Waals surface area contributed by atoms with Gasteiger partial charge in [0.15, 0.2) is 5.78 Å². The minimum Gasteiger partial charge on any atom is -0.496 e. The number of carbonyl (C=O) groups is 3. The van der Waals surface area contributed by atoms with Crippen LogP contribution in [0.2, 0.25) is 0 Å². The fraction of sp³-hybridized carbons (Fsp3) is 0.348. The minimum absolute atomic E-state index is 0.0166. The van der Waals surface area contributed by atoms with E-state index in [1.54, 1.807) is 23.1 Å². The van der Waals surface area contributed by atoms with Gasteiger partial charge in [0.2, 0.25) is 5.91 Å². The van der Waals surface area contributed by atoms with Crippen molar-refractivity contribution in [3.05, 3.63) is 58.7 Å². The molecule has 0 radical (unpaired) electrons. The van der Waals surface area contributed by atoms with Crippen molar-refractivity contribution in [2.75, 3.05) is 18.6 Å². The van der Waals surface area contributed by atoms with E-state index < -0.39 is 11.9 Å². The molecule has 2 aromatic rings. The summed E-state index contributed by atoms with van der Waals surface area (Å²) in [6.07, 6.45) is 0.122. The fourth-order valence-corrected chi connectivity index (χ4v) is 3.50. The number of Topliss-reactive ketones (excluding diaryl/α,β-unsaturated/α-hetero) is 1. The summed E-state index contributed by atoms with van der Waals surface area (Å²) in [5.41, 5.74) is 4.10. The molecule has 1 aliphatic rings. The molecule has 0 saturated carbocycles. The molecule has 1 fully saturated rings. The van der Waals surface area contributed by atoms with Crippen LogP contribution in [0.15, 0.2) is 36.4 Å². The maximum atomic E-state index is 12.6. The average Bonchev–Trinajstić information content (AvgIpc) is 3.09. The van der Waals surface area contributed by atoms with Crippen molar-refractivity contribution in [2.45, 2.75) is 33.8 Å². The predicted octanol–water partition coefficient (Wildman–Crippen LogP) is 3.61. The second-order valence-electron chi connectivity index (χ2n) is 7.31. The van der Waals surface area contributed by atoms with Crippen LogP contribution >= 0.6 is 0 Å². The van der Waals surface area contributed by atoms with Gasteiger partial charge in [-0.2, -0.15) is 0 Å². The molecule has 0 N–H and O–H groups in total. The van der Waals surface area contributed by atoms with Crippen LogP contribution in [0.5, 0.6) is 5.75 Å². The number of anilines is 1. The Morgan fingerprint density at radius 3 is 2.62 bits per heavy atom. The van der Waals surface area contributed by atoms with Crippen LogP contribution in [-0.2, 0) is 20.9 Å². The third-order valence-electron chi connectivity index (χ3n) is 5.38. The highest BCUT2D eigenvalue weighted by Gasteiger charge is 2.36. The Kier molecular flexibility index (Phi) is 6.01. The van der Waals surface area contributed by atoms with Gasteiger partial charge in [0.05, 0.1) is 13.0 Å². The van der Waals surface area contributed by atoms with Crippen molar-refractivity contribution >= 4 is 23.3 Å². The number of aryl methyl sites for hydroxylation is 1. The van der Waals surface area contributed by atoms with Crippen LogP contribution in [-0.4, -0.2) is 31.3 Å². The molecule has 6 nitrogen and oxygen atoms in total. The van der Waals surface area contributed by atoms with Crippen molar-refractivity contribution in [3.63, 3.8) is 0 Å². The second kappa shape index (κ2) is 8.47. The average molecular weight is 395 g/mol.